The van der Waals surface area contributed by atoms with Crippen molar-refractivity contribution in [2.24, 2.45) is 0 Å². The summed E-state index contributed by atoms with van der Waals surface area (Å²) in [5.74, 6) is -0.295. The fourth-order valence-electron chi connectivity index (χ4n) is 1.90. The fourth-order valence-corrected chi connectivity index (χ4v) is 1.90. The number of carbonyl (C=O) groups is 1. The third-order valence-electron chi connectivity index (χ3n) is 2.88. The number of phenolic OH excluding ortho intramolecular Hbond substituents is 1. The predicted octanol–water partition coefficient (Wildman–Crippen LogP) is 1.07. The molecule has 1 saturated heterocycles. The number of ether oxygens (including phenoxy) is 1. The molecular weight excluding hydrogens is 232 g/mol. The Morgan fingerprint density at radius 3 is 3.06 bits per heavy atom. The number of amides is 1. The Morgan fingerprint density at radius 1 is 1.61 bits per heavy atom. The van der Waals surface area contributed by atoms with E-state index < -0.39 is 6.10 Å². The van der Waals surface area contributed by atoms with Gasteiger partial charge >= 0.3 is 0 Å². The number of aryl methyl sites for hydroxylation is 1. The zero-order valence-corrected chi connectivity index (χ0v) is 10.1. The molecule has 5 heteroatoms. The molecule has 1 aliphatic rings. The molecule has 1 aromatic rings. The van der Waals surface area contributed by atoms with Gasteiger partial charge in [-0.05, 0) is 24.6 Å². The van der Waals surface area contributed by atoms with Crippen LogP contribution in [0.15, 0.2) is 18.2 Å². The zero-order valence-electron chi connectivity index (χ0n) is 10.1. The highest BCUT2D eigenvalue weighted by Gasteiger charge is 2.26. The van der Waals surface area contributed by atoms with Crippen LogP contribution >= 0.6 is 0 Å². The average Bonchev–Trinajstić information content (AvgIpc) is 2.38. The van der Waals surface area contributed by atoms with Crippen molar-refractivity contribution in [1.29, 1.82) is 5.26 Å². The Balaban J connectivity index is 2.18. The molecule has 1 fully saturated rings. The Labute approximate surface area is 105 Å². The van der Waals surface area contributed by atoms with Gasteiger partial charge in [0.1, 0.15) is 5.75 Å². The van der Waals surface area contributed by atoms with Gasteiger partial charge in [0, 0.05) is 6.54 Å². The van der Waals surface area contributed by atoms with Crippen molar-refractivity contribution in [3.63, 3.8) is 0 Å². The van der Waals surface area contributed by atoms with Crippen molar-refractivity contribution in [3.05, 3.63) is 29.3 Å². The number of hydrogen-bond acceptors (Lipinski definition) is 4. The standard InChI is InChI=1S/C13H14N2O3/c1-9-2-3-11(12(16)6-9)13(17)15-4-5-18-10(7-14)8-15/h2-3,6,10,16H,4-5,8H2,1H3. The topological polar surface area (TPSA) is 73.6 Å². The van der Waals surface area contributed by atoms with Gasteiger partial charge in [-0.15, -0.1) is 0 Å². The van der Waals surface area contributed by atoms with Crippen LogP contribution in [0.25, 0.3) is 0 Å². The van der Waals surface area contributed by atoms with Gasteiger partial charge in [-0.1, -0.05) is 6.07 Å². The first-order valence-electron chi connectivity index (χ1n) is 5.72. The summed E-state index contributed by atoms with van der Waals surface area (Å²) in [5.41, 5.74) is 1.15. The van der Waals surface area contributed by atoms with E-state index in [1.165, 1.54) is 4.90 Å². The monoisotopic (exact) mass is 246 g/mol. The summed E-state index contributed by atoms with van der Waals surface area (Å²) in [6, 6.07) is 6.91. The molecule has 0 aromatic heterocycles. The number of benzene rings is 1. The van der Waals surface area contributed by atoms with Crippen molar-refractivity contribution < 1.29 is 14.6 Å². The van der Waals surface area contributed by atoms with Crippen LogP contribution in [0.3, 0.4) is 0 Å². The van der Waals surface area contributed by atoms with Crippen LogP contribution in [-0.2, 0) is 4.74 Å². The van der Waals surface area contributed by atoms with E-state index in [9.17, 15) is 9.90 Å². The second kappa shape index (κ2) is 5.07. The van der Waals surface area contributed by atoms with Gasteiger partial charge in [0.25, 0.3) is 5.91 Å². The molecule has 1 unspecified atom stereocenters. The quantitative estimate of drug-likeness (QED) is 0.804. The van der Waals surface area contributed by atoms with E-state index in [2.05, 4.69) is 0 Å². The van der Waals surface area contributed by atoms with Gasteiger partial charge in [0.05, 0.1) is 24.8 Å². The molecule has 0 spiro atoms. The maximum atomic E-state index is 12.2. The number of morpholine rings is 1. The smallest absolute Gasteiger partial charge is 0.257 e. The number of carbonyl (C=O) groups excluding carboxylic acids is 1. The molecule has 0 bridgehead atoms. The Hall–Kier alpha value is -2.06. The number of hydrogen-bond donors (Lipinski definition) is 1. The molecule has 1 amide bonds. The minimum absolute atomic E-state index is 0.0278. The zero-order chi connectivity index (χ0) is 13.1. The number of phenols is 1. The second-order valence-corrected chi connectivity index (χ2v) is 4.26. The SMILES string of the molecule is Cc1ccc(C(=O)N2CCOC(C#N)C2)c(O)c1. The van der Waals surface area contributed by atoms with E-state index in [4.69, 9.17) is 10.00 Å². The Morgan fingerprint density at radius 2 is 2.39 bits per heavy atom. The maximum Gasteiger partial charge on any atom is 0.257 e. The molecule has 18 heavy (non-hydrogen) atoms. The van der Waals surface area contributed by atoms with E-state index in [1.54, 1.807) is 18.2 Å². The summed E-state index contributed by atoms with van der Waals surface area (Å²) in [6.45, 7) is 2.86. The van der Waals surface area contributed by atoms with Gasteiger partial charge in [0.2, 0.25) is 0 Å². The van der Waals surface area contributed by atoms with Crippen LogP contribution < -0.4 is 0 Å². The molecule has 0 saturated carbocycles. The summed E-state index contributed by atoms with van der Waals surface area (Å²) < 4.78 is 5.18. The predicted molar refractivity (Wildman–Crippen MR) is 64.1 cm³/mol. The highest BCUT2D eigenvalue weighted by Crippen LogP contribution is 2.21. The maximum absolute atomic E-state index is 12.2. The van der Waals surface area contributed by atoms with E-state index in [-0.39, 0.29) is 23.8 Å². The van der Waals surface area contributed by atoms with Crippen molar-refractivity contribution >= 4 is 5.91 Å². The Bertz CT molecular complexity index is 507. The third-order valence-corrected chi connectivity index (χ3v) is 2.88. The van der Waals surface area contributed by atoms with E-state index >= 15 is 0 Å². The lowest BCUT2D eigenvalue weighted by Crippen LogP contribution is -2.45. The summed E-state index contributed by atoms with van der Waals surface area (Å²) in [7, 11) is 0. The van der Waals surface area contributed by atoms with Crippen molar-refractivity contribution in [1.82, 2.24) is 4.90 Å². The normalized spacial score (nSPS) is 19.3. The molecule has 94 valence electrons. The van der Waals surface area contributed by atoms with Crippen molar-refractivity contribution in [2.75, 3.05) is 19.7 Å². The van der Waals surface area contributed by atoms with Crippen LogP contribution in [0.1, 0.15) is 15.9 Å². The summed E-state index contributed by atoms with van der Waals surface area (Å²) in [6.07, 6.45) is -0.588. The minimum atomic E-state index is -0.588. The number of rotatable bonds is 1. The highest BCUT2D eigenvalue weighted by atomic mass is 16.5. The first kappa shape index (κ1) is 12.4. The van der Waals surface area contributed by atoms with Gasteiger partial charge < -0.3 is 14.7 Å². The first-order valence-corrected chi connectivity index (χ1v) is 5.72. The summed E-state index contributed by atoms with van der Waals surface area (Å²) >= 11 is 0. The minimum Gasteiger partial charge on any atom is -0.507 e. The molecule has 1 N–H and O–H groups in total. The molecule has 1 atom stereocenters. The Kier molecular flexibility index (Phi) is 3.49. The number of nitrogens with zero attached hydrogens (tertiary/aromatic N) is 2. The van der Waals surface area contributed by atoms with E-state index in [0.717, 1.165) is 5.56 Å². The van der Waals surface area contributed by atoms with Crippen LogP contribution in [0, 0.1) is 18.3 Å². The van der Waals surface area contributed by atoms with Crippen molar-refractivity contribution in [3.8, 4) is 11.8 Å². The third kappa shape index (κ3) is 2.44. The summed E-state index contributed by atoms with van der Waals surface area (Å²) in [4.78, 5) is 13.7. The lowest BCUT2D eigenvalue weighted by atomic mass is 10.1. The van der Waals surface area contributed by atoms with Crippen molar-refractivity contribution in [2.45, 2.75) is 13.0 Å². The molecule has 2 rings (SSSR count). The van der Waals surface area contributed by atoms with Gasteiger partial charge in [0.15, 0.2) is 6.10 Å². The van der Waals surface area contributed by atoms with E-state index in [0.29, 0.717) is 13.2 Å². The van der Waals surface area contributed by atoms with Gasteiger partial charge in [-0.25, -0.2) is 0 Å². The lowest BCUT2D eigenvalue weighted by Gasteiger charge is -2.30. The second-order valence-electron chi connectivity index (χ2n) is 4.26. The largest absolute Gasteiger partial charge is 0.507 e. The summed E-state index contributed by atoms with van der Waals surface area (Å²) in [5, 5.41) is 18.6. The molecular formula is C13H14N2O3. The fraction of sp³-hybridized carbons (Fsp3) is 0.385. The first-order chi connectivity index (χ1) is 8.61. The van der Waals surface area contributed by atoms with Crippen LogP contribution in [0.5, 0.6) is 5.75 Å². The average molecular weight is 246 g/mol. The van der Waals surface area contributed by atoms with Crippen LogP contribution in [0.4, 0.5) is 0 Å². The van der Waals surface area contributed by atoms with Crippen LogP contribution in [-0.4, -0.2) is 41.7 Å². The molecule has 0 aliphatic carbocycles. The van der Waals surface area contributed by atoms with Gasteiger partial charge in [-0.2, -0.15) is 5.26 Å². The lowest BCUT2D eigenvalue weighted by molar-refractivity contribution is 0.00334. The molecule has 1 aromatic carbocycles. The number of aromatic hydroxyl groups is 1. The molecule has 5 nitrogen and oxygen atoms in total. The molecule has 0 radical (unpaired) electrons. The van der Waals surface area contributed by atoms with Crippen LogP contribution in [0.2, 0.25) is 0 Å². The van der Waals surface area contributed by atoms with Gasteiger partial charge in [-0.3, -0.25) is 4.79 Å². The molecule has 1 aliphatic heterocycles. The van der Waals surface area contributed by atoms with E-state index in [1.807, 2.05) is 13.0 Å². The number of nitriles is 1. The molecule has 1 heterocycles. The highest BCUT2D eigenvalue weighted by molar-refractivity contribution is 5.97.